The zero-order valence-electron chi connectivity index (χ0n) is 10.7. The molecule has 8 heteroatoms. The maximum atomic E-state index is 11.8. The van der Waals surface area contributed by atoms with Gasteiger partial charge < -0.3 is 14.4 Å². The molecule has 1 aromatic rings. The van der Waals surface area contributed by atoms with Crippen molar-refractivity contribution in [3.8, 4) is 0 Å². The van der Waals surface area contributed by atoms with Gasteiger partial charge in [-0.1, -0.05) is 19.0 Å². The van der Waals surface area contributed by atoms with Crippen LogP contribution in [0.5, 0.6) is 0 Å². The number of aromatic nitrogens is 2. The third-order valence-corrected chi connectivity index (χ3v) is 2.73. The van der Waals surface area contributed by atoms with E-state index in [4.69, 9.17) is 9.63 Å². The van der Waals surface area contributed by atoms with Gasteiger partial charge in [-0.2, -0.15) is 4.98 Å². The molecule has 0 amide bonds. The fourth-order valence-corrected chi connectivity index (χ4v) is 1.32. The fraction of sp³-hybridized carbons (Fsp3) is 0.727. The first kappa shape index (κ1) is 15.5. The smallest absolute Gasteiger partial charge is 0.307 e. The van der Waals surface area contributed by atoms with Crippen LogP contribution in [0.15, 0.2) is 4.52 Å². The van der Waals surface area contributed by atoms with Gasteiger partial charge in [0.05, 0.1) is 12.5 Å². The van der Waals surface area contributed by atoms with Crippen LogP contribution in [-0.2, 0) is 16.0 Å². The van der Waals surface area contributed by atoms with Gasteiger partial charge in [0.25, 0.3) is 6.43 Å². The number of rotatable bonds is 8. The van der Waals surface area contributed by atoms with Gasteiger partial charge in [0.2, 0.25) is 5.89 Å². The number of carbonyl (C=O) groups is 1. The molecular formula is C11H16F2N2O4. The van der Waals surface area contributed by atoms with Gasteiger partial charge in [0, 0.05) is 12.3 Å². The van der Waals surface area contributed by atoms with Crippen molar-refractivity contribution in [2.45, 2.75) is 32.6 Å². The molecule has 0 aliphatic heterocycles. The topological polar surface area (TPSA) is 85.5 Å². The van der Waals surface area contributed by atoms with Gasteiger partial charge in [-0.05, 0) is 0 Å². The minimum Gasteiger partial charge on any atom is -0.481 e. The molecule has 0 bridgehead atoms. The minimum absolute atomic E-state index is 0.0617. The van der Waals surface area contributed by atoms with E-state index in [2.05, 4.69) is 14.9 Å². The summed E-state index contributed by atoms with van der Waals surface area (Å²) in [4.78, 5) is 14.8. The summed E-state index contributed by atoms with van der Waals surface area (Å²) in [6.07, 6.45) is -2.26. The first-order valence-electron chi connectivity index (χ1n) is 5.83. The molecule has 0 aliphatic carbocycles. The first-order valence-corrected chi connectivity index (χ1v) is 5.83. The van der Waals surface area contributed by atoms with Crippen LogP contribution in [0.4, 0.5) is 8.78 Å². The van der Waals surface area contributed by atoms with Gasteiger partial charge in [0.1, 0.15) is 6.61 Å². The molecule has 1 heterocycles. The summed E-state index contributed by atoms with van der Waals surface area (Å²) in [5.41, 5.74) is 0. The SMILES string of the molecule is CC(C(=O)O)C(C)c1nc(CCOCC(F)F)no1. The second-order valence-electron chi connectivity index (χ2n) is 4.18. The maximum Gasteiger partial charge on any atom is 0.307 e. The van der Waals surface area contributed by atoms with Gasteiger partial charge in [-0.25, -0.2) is 8.78 Å². The molecule has 6 nitrogen and oxygen atoms in total. The molecule has 0 aliphatic rings. The molecule has 1 N–H and O–H groups in total. The highest BCUT2D eigenvalue weighted by atomic mass is 19.3. The Bertz CT molecular complexity index is 411. The van der Waals surface area contributed by atoms with E-state index in [1.807, 2.05) is 0 Å². The summed E-state index contributed by atoms with van der Waals surface area (Å²) in [5, 5.41) is 12.5. The van der Waals surface area contributed by atoms with Crippen LogP contribution in [0.25, 0.3) is 0 Å². The molecule has 0 saturated heterocycles. The average molecular weight is 278 g/mol. The van der Waals surface area contributed by atoms with Crippen LogP contribution in [0.1, 0.15) is 31.5 Å². The van der Waals surface area contributed by atoms with Crippen molar-refractivity contribution in [2.24, 2.45) is 5.92 Å². The Morgan fingerprint density at radius 1 is 1.47 bits per heavy atom. The van der Waals surface area contributed by atoms with Gasteiger partial charge in [-0.3, -0.25) is 4.79 Å². The molecule has 0 radical (unpaired) electrons. The van der Waals surface area contributed by atoms with Crippen LogP contribution in [0.3, 0.4) is 0 Å². The quantitative estimate of drug-likeness (QED) is 0.729. The number of halogens is 2. The Hall–Kier alpha value is -1.57. The maximum absolute atomic E-state index is 11.8. The van der Waals surface area contributed by atoms with E-state index in [0.29, 0.717) is 5.82 Å². The Morgan fingerprint density at radius 3 is 2.74 bits per heavy atom. The summed E-state index contributed by atoms with van der Waals surface area (Å²) < 4.78 is 33.2. The lowest BCUT2D eigenvalue weighted by Gasteiger charge is -2.10. The van der Waals surface area contributed by atoms with Crippen LogP contribution < -0.4 is 0 Å². The second kappa shape index (κ2) is 7.13. The fourth-order valence-electron chi connectivity index (χ4n) is 1.32. The molecule has 1 aromatic heterocycles. The minimum atomic E-state index is -2.50. The van der Waals surface area contributed by atoms with Crippen LogP contribution in [0, 0.1) is 5.92 Å². The lowest BCUT2D eigenvalue weighted by Crippen LogP contribution is -2.17. The molecule has 0 aromatic carbocycles. The van der Waals surface area contributed by atoms with E-state index in [-0.39, 0.29) is 18.9 Å². The highest BCUT2D eigenvalue weighted by Gasteiger charge is 2.25. The number of nitrogens with zero attached hydrogens (tertiary/aromatic N) is 2. The Morgan fingerprint density at radius 2 is 2.16 bits per heavy atom. The normalized spacial score (nSPS) is 14.6. The predicted molar refractivity (Wildman–Crippen MR) is 60.0 cm³/mol. The van der Waals surface area contributed by atoms with Crippen molar-refractivity contribution in [1.82, 2.24) is 10.1 Å². The Labute approximate surface area is 108 Å². The number of alkyl halides is 2. The van der Waals surface area contributed by atoms with E-state index < -0.39 is 30.8 Å². The van der Waals surface area contributed by atoms with E-state index in [1.54, 1.807) is 13.8 Å². The summed E-state index contributed by atoms with van der Waals surface area (Å²) in [6.45, 7) is 2.65. The van der Waals surface area contributed by atoms with Gasteiger partial charge in [-0.15, -0.1) is 0 Å². The predicted octanol–water partition coefficient (Wildman–Crippen LogP) is 1.72. The lowest BCUT2D eigenvalue weighted by molar-refractivity contribution is -0.141. The highest BCUT2D eigenvalue weighted by molar-refractivity contribution is 5.70. The molecule has 1 rings (SSSR count). The molecule has 19 heavy (non-hydrogen) atoms. The first-order chi connectivity index (χ1) is 8.91. The van der Waals surface area contributed by atoms with E-state index >= 15 is 0 Å². The Kier molecular flexibility index (Phi) is 5.81. The van der Waals surface area contributed by atoms with Crippen molar-refractivity contribution < 1.29 is 27.9 Å². The summed E-state index contributed by atoms with van der Waals surface area (Å²) in [5.74, 6) is -1.48. The molecule has 0 fully saturated rings. The lowest BCUT2D eigenvalue weighted by atomic mass is 9.96. The van der Waals surface area contributed by atoms with Crippen LogP contribution in [-0.4, -0.2) is 40.9 Å². The monoisotopic (exact) mass is 278 g/mol. The van der Waals surface area contributed by atoms with E-state index in [0.717, 1.165) is 0 Å². The number of carboxylic acids is 1. The molecular weight excluding hydrogens is 262 g/mol. The summed E-state index contributed by atoms with van der Waals surface area (Å²) in [6, 6.07) is 0. The number of hydrogen-bond donors (Lipinski definition) is 1. The average Bonchev–Trinajstić information content (AvgIpc) is 2.81. The van der Waals surface area contributed by atoms with Crippen molar-refractivity contribution >= 4 is 5.97 Å². The molecule has 108 valence electrons. The van der Waals surface area contributed by atoms with Crippen molar-refractivity contribution in [1.29, 1.82) is 0 Å². The van der Waals surface area contributed by atoms with Crippen LogP contribution >= 0.6 is 0 Å². The number of aliphatic carboxylic acids is 1. The molecule has 0 saturated carbocycles. The Balaban J connectivity index is 2.46. The van der Waals surface area contributed by atoms with Gasteiger partial charge >= 0.3 is 5.97 Å². The standard InChI is InChI=1S/C11H16F2N2O4/c1-6(7(2)11(16)17)10-14-9(15-19-10)3-4-18-5-8(12)13/h6-8H,3-5H2,1-2H3,(H,16,17). The summed E-state index contributed by atoms with van der Waals surface area (Å²) >= 11 is 0. The molecule has 2 atom stereocenters. The van der Waals surface area contributed by atoms with Crippen molar-refractivity contribution in [2.75, 3.05) is 13.2 Å². The zero-order valence-corrected chi connectivity index (χ0v) is 10.7. The number of ether oxygens (including phenoxy) is 1. The largest absolute Gasteiger partial charge is 0.481 e. The third kappa shape index (κ3) is 4.90. The number of carboxylic acid groups (broad SMARTS) is 1. The van der Waals surface area contributed by atoms with E-state index in [1.165, 1.54) is 0 Å². The molecule has 0 spiro atoms. The third-order valence-electron chi connectivity index (χ3n) is 2.73. The van der Waals surface area contributed by atoms with E-state index in [9.17, 15) is 13.6 Å². The van der Waals surface area contributed by atoms with Crippen molar-refractivity contribution in [3.63, 3.8) is 0 Å². The van der Waals surface area contributed by atoms with Crippen LogP contribution in [0.2, 0.25) is 0 Å². The zero-order chi connectivity index (χ0) is 14.4. The number of hydrogen-bond acceptors (Lipinski definition) is 5. The summed E-state index contributed by atoms with van der Waals surface area (Å²) in [7, 11) is 0. The van der Waals surface area contributed by atoms with Gasteiger partial charge in [0.15, 0.2) is 5.82 Å². The second-order valence-corrected chi connectivity index (χ2v) is 4.18. The highest BCUT2D eigenvalue weighted by Crippen LogP contribution is 2.22. The van der Waals surface area contributed by atoms with Crippen molar-refractivity contribution in [3.05, 3.63) is 11.7 Å². The molecule has 2 unspecified atom stereocenters.